The molecule has 2 nitrogen and oxygen atoms in total. The minimum Gasteiger partial charge on any atom is -0.326 e. The van der Waals surface area contributed by atoms with Gasteiger partial charge in [-0.05, 0) is 15.9 Å². The number of rotatable bonds is 2. The summed E-state index contributed by atoms with van der Waals surface area (Å²) in [5.41, 5.74) is 5.49. The van der Waals surface area contributed by atoms with Gasteiger partial charge in [0.05, 0.1) is 9.50 Å². The maximum atomic E-state index is 12.3. The van der Waals surface area contributed by atoms with Crippen LogP contribution in [-0.2, 0) is 6.54 Å². The molecule has 0 fully saturated rings. The molecule has 1 rings (SSSR count). The van der Waals surface area contributed by atoms with Crippen molar-refractivity contribution in [3.05, 3.63) is 26.9 Å². The number of hydrogen-bond acceptors (Lipinski definition) is 2. The smallest absolute Gasteiger partial charge is 0.281 e. The molecule has 0 amide bonds. The van der Waals surface area contributed by atoms with Crippen LogP contribution in [0, 0.1) is 0 Å². The Morgan fingerprint density at radius 1 is 1.62 bits per heavy atom. The van der Waals surface area contributed by atoms with E-state index in [0.29, 0.717) is 5.56 Å². The van der Waals surface area contributed by atoms with Gasteiger partial charge in [0.1, 0.15) is 5.69 Å². The molecule has 0 saturated carbocycles. The molecular formula is C7H6BrClF2N2. The fourth-order valence-electron chi connectivity index (χ4n) is 0.809. The van der Waals surface area contributed by atoms with Crippen LogP contribution in [0.2, 0.25) is 5.02 Å². The minimum absolute atomic E-state index is 0.118. The minimum atomic E-state index is -2.64. The van der Waals surface area contributed by atoms with E-state index >= 15 is 0 Å². The maximum absolute atomic E-state index is 12.3. The average molecular weight is 271 g/mol. The van der Waals surface area contributed by atoms with Gasteiger partial charge in [0.25, 0.3) is 6.43 Å². The zero-order valence-corrected chi connectivity index (χ0v) is 8.74. The van der Waals surface area contributed by atoms with Crippen molar-refractivity contribution in [3.8, 4) is 0 Å². The zero-order valence-electron chi connectivity index (χ0n) is 6.40. The molecule has 0 aliphatic carbocycles. The lowest BCUT2D eigenvalue weighted by Crippen LogP contribution is -2.01. The lowest BCUT2D eigenvalue weighted by atomic mass is 10.2. The third-order valence-corrected chi connectivity index (χ3v) is 2.95. The first-order valence-corrected chi connectivity index (χ1v) is 4.56. The molecular weight excluding hydrogens is 265 g/mol. The van der Waals surface area contributed by atoms with E-state index in [2.05, 4.69) is 20.9 Å². The Balaban J connectivity index is 3.23. The summed E-state index contributed by atoms with van der Waals surface area (Å²) in [7, 11) is 0. The Kier molecular flexibility index (Phi) is 3.58. The Morgan fingerprint density at radius 2 is 2.23 bits per heavy atom. The van der Waals surface area contributed by atoms with Crippen molar-refractivity contribution in [2.24, 2.45) is 5.73 Å². The molecule has 1 aromatic heterocycles. The molecule has 0 bridgehead atoms. The Bertz CT molecular complexity index is 320. The van der Waals surface area contributed by atoms with Crippen LogP contribution in [0.3, 0.4) is 0 Å². The molecule has 6 heteroatoms. The van der Waals surface area contributed by atoms with Gasteiger partial charge in [-0.3, -0.25) is 4.98 Å². The molecule has 1 heterocycles. The van der Waals surface area contributed by atoms with E-state index in [1.54, 1.807) is 0 Å². The normalized spacial score (nSPS) is 10.9. The topological polar surface area (TPSA) is 38.9 Å². The number of halogens is 4. The summed E-state index contributed by atoms with van der Waals surface area (Å²) in [5, 5.41) is 0.202. The molecule has 0 aliphatic heterocycles. The molecule has 0 spiro atoms. The van der Waals surface area contributed by atoms with E-state index in [4.69, 9.17) is 17.3 Å². The summed E-state index contributed by atoms with van der Waals surface area (Å²) >= 11 is 8.68. The Labute approximate surface area is 87.2 Å². The fourth-order valence-corrected chi connectivity index (χ4v) is 1.56. The van der Waals surface area contributed by atoms with E-state index in [1.165, 1.54) is 6.20 Å². The summed E-state index contributed by atoms with van der Waals surface area (Å²) in [6, 6.07) is 0. The van der Waals surface area contributed by atoms with Crippen LogP contribution < -0.4 is 5.73 Å². The molecule has 0 saturated heterocycles. The van der Waals surface area contributed by atoms with Crippen molar-refractivity contribution in [1.29, 1.82) is 0 Å². The Morgan fingerprint density at radius 3 is 2.69 bits per heavy atom. The summed E-state index contributed by atoms with van der Waals surface area (Å²) < 4.78 is 24.6. The Hall–Kier alpha value is -0.260. The summed E-state index contributed by atoms with van der Waals surface area (Å²) in [6.45, 7) is 0.175. The second kappa shape index (κ2) is 4.30. The van der Waals surface area contributed by atoms with Crippen LogP contribution in [0.1, 0.15) is 17.7 Å². The predicted molar refractivity (Wildman–Crippen MR) is 49.8 cm³/mol. The van der Waals surface area contributed by atoms with Gasteiger partial charge in [0, 0.05) is 18.3 Å². The van der Waals surface area contributed by atoms with Crippen LogP contribution in [0.15, 0.2) is 10.7 Å². The van der Waals surface area contributed by atoms with Crippen molar-refractivity contribution in [2.75, 3.05) is 0 Å². The van der Waals surface area contributed by atoms with Gasteiger partial charge in [0.15, 0.2) is 0 Å². The molecule has 0 aromatic carbocycles. The third-order valence-electron chi connectivity index (χ3n) is 1.49. The second-order valence-electron chi connectivity index (χ2n) is 2.30. The van der Waals surface area contributed by atoms with Gasteiger partial charge >= 0.3 is 0 Å². The average Bonchev–Trinajstić information content (AvgIpc) is 2.09. The molecule has 72 valence electrons. The van der Waals surface area contributed by atoms with Gasteiger partial charge in [0.2, 0.25) is 0 Å². The second-order valence-corrected chi connectivity index (χ2v) is 3.47. The highest BCUT2D eigenvalue weighted by molar-refractivity contribution is 9.10. The molecule has 0 radical (unpaired) electrons. The third kappa shape index (κ3) is 2.15. The quantitative estimate of drug-likeness (QED) is 0.898. The van der Waals surface area contributed by atoms with E-state index in [9.17, 15) is 8.78 Å². The molecule has 2 N–H and O–H groups in total. The molecule has 13 heavy (non-hydrogen) atoms. The summed E-state index contributed by atoms with van der Waals surface area (Å²) in [5.74, 6) is 0. The standard InChI is InChI=1S/C7H6BrClF2N2/c8-4-5(9)3(1-12)2-13-6(4)7(10)11/h2,7H,1,12H2. The summed E-state index contributed by atoms with van der Waals surface area (Å²) in [4.78, 5) is 3.55. The highest BCUT2D eigenvalue weighted by Crippen LogP contribution is 2.33. The first kappa shape index (κ1) is 10.8. The van der Waals surface area contributed by atoms with Crippen LogP contribution in [-0.4, -0.2) is 4.98 Å². The number of nitrogens with zero attached hydrogens (tertiary/aromatic N) is 1. The van der Waals surface area contributed by atoms with Crippen molar-refractivity contribution < 1.29 is 8.78 Å². The van der Waals surface area contributed by atoms with E-state index < -0.39 is 6.43 Å². The number of aromatic nitrogens is 1. The van der Waals surface area contributed by atoms with E-state index in [0.717, 1.165) is 0 Å². The molecule has 0 atom stereocenters. The largest absolute Gasteiger partial charge is 0.326 e. The maximum Gasteiger partial charge on any atom is 0.281 e. The molecule has 1 aromatic rings. The first-order valence-electron chi connectivity index (χ1n) is 3.39. The predicted octanol–water partition coefficient (Wildman–Crippen LogP) is 2.89. The van der Waals surface area contributed by atoms with Gasteiger partial charge in [-0.2, -0.15) is 0 Å². The van der Waals surface area contributed by atoms with Gasteiger partial charge in [-0.1, -0.05) is 11.6 Å². The number of pyridine rings is 1. The van der Waals surface area contributed by atoms with Crippen LogP contribution in [0.4, 0.5) is 8.78 Å². The number of nitrogens with two attached hydrogens (primary N) is 1. The van der Waals surface area contributed by atoms with Crippen LogP contribution >= 0.6 is 27.5 Å². The SMILES string of the molecule is NCc1cnc(C(F)F)c(Br)c1Cl. The van der Waals surface area contributed by atoms with Crippen molar-refractivity contribution >= 4 is 27.5 Å². The highest BCUT2D eigenvalue weighted by Gasteiger charge is 2.17. The first-order chi connectivity index (χ1) is 6.07. The van der Waals surface area contributed by atoms with Crippen molar-refractivity contribution in [1.82, 2.24) is 4.98 Å². The number of hydrogen-bond donors (Lipinski definition) is 1. The summed E-state index contributed by atoms with van der Waals surface area (Å²) in [6.07, 6.45) is -1.38. The van der Waals surface area contributed by atoms with Gasteiger partial charge in [-0.25, -0.2) is 8.78 Å². The zero-order chi connectivity index (χ0) is 10.0. The van der Waals surface area contributed by atoms with Crippen molar-refractivity contribution in [2.45, 2.75) is 13.0 Å². The monoisotopic (exact) mass is 270 g/mol. The van der Waals surface area contributed by atoms with Crippen molar-refractivity contribution in [3.63, 3.8) is 0 Å². The van der Waals surface area contributed by atoms with Gasteiger partial charge < -0.3 is 5.73 Å². The highest BCUT2D eigenvalue weighted by atomic mass is 79.9. The molecule has 0 aliphatic rings. The van der Waals surface area contributed by atoms with Crippen LogP contribution in [0.5, 0.6) is 0 Å². The fraction of sp³-hybridized carbons (Fsp3) is 0.286. The lowest BCUT2D eigenvalue weighted by molar-refractivity contribution is 0.145. The number of alkyl halides is 2. The lowest BCUT2D eigenvalue weighted by Gasteiger charge is -2.07. The van der Waals surface area contributed by atoms with Crippen LogP contribution in [0.25, 0.3) is 0 Å². The molecule has 0 unspecified atom stereocenters. The van der Waals surface area contributed by atoms with E-state index in [-0.39, 0.29) is 21.7 Å². The van der Waals surface area contributed by atoms with Gasteiger partial charge in [-0.15, -0.1) is 0 Å². The van der Waals surface area contributed by atoms with E-state index in [1.807, 2.05) is 0 Å².